The maximum Gasteiger partial charge on any atom is 0.124 e. The molecule has 6 heteroatoms. The van der Waals surface area contributed by atoms with Crippen molar-refractivity contribution in [1.29, 1.82) is 0 Å². The molecule has 0 radical (unpaired) electrons. The molecule has 0 bridgehead atoms. The van der Waals surface area contributed by atoms with Gasteiger partial charge in [0.1, 0.15) is 11.6 Å². The Morgan fingerprint density at radius 1 is 1.30 bits per heavy atom. The van der Waals surface area contributed by atoms with Crippen molar-refractivity contribution in [2.75, 3.05) is 26.9 Å². The molecule has 2 N–H and O–H groups in total. The number of benzene rings is 1. The largest absolute Gasteiger partial charge is 0.496 e. The van der Waals surface area contributed by atoms with Crippen LogP contribution in [0.3, 0.4) is 0 Å². The van der Waals surface area contributed by atoms with Crippen LogP contribution in [0.2, 0.25) is 0 Å². The SMILES string of the molecule is CCOCc1cc(CN(CCO)Cc2ncc[nH]2)ccc1OC. The third kappa shape index (κ3) is 5.35. The lowest BCUT2D eigenvalue weighted by atomic mass is 10.1. The predicted molar refractivity (Wildman–Crippen MR) is 88.1 cm³/mol. The molecule has 23 heavy (non-hydrogen) atoms. The van der Waals surface area contributed by atoms with Crippen LogP contribution in [0.25, 0.3) is 0 Å². The number of nitrogens with zero attached hydrogens (tertiary/aromatic N) is 2. The molecule has 0 aliphatic carbocycles. The van der Waals surface area contributed by atoms with E-state index in [4.69, 9.17) is 9.47 Å². The average molecular weight is 319 g/mol. The number of aliphatic hydroxyl groups excluding tert-OH is 1. The smallest absolute Gasteiger partial charge is 0.124 e. The minimum atomic E-state index is 0.114. The van der Waals surface area contributed by atoms with E-state index in [0.717, 1.165) is 29.2 Å². The molecule has 0 saturated carbocycles. The van der Waals surface area contributed by atoms with Gasteiger partial charge in [-0.1, -0.05) is 6.07 Å². The van der Waals surface area contributed by atoms with Crippen LogP contribution in [0.1, 0.15) is 23.9 Å². The predicted octanol–water partition coefficient (Wildman–Crippen LogP) is 1.95. The highest BCUT2D eigenvalue weighted by Crippen LogP contribution is 2.22. The van der Waals surface area contributed by atoms with Crippen molar-refractivity contribution in [3.05, 3.63) is 47.5 Å². The van der Waals surface area contributed by atoms with Gasteiger partial charge in [-0.3, -0.25) is 4.90 Å². The summed E-state index contributed by atoms with van der Waals surface area (Å²) in [4.78, 5) is 9.49. The second-order valence-electron chi connectivity index (χ2n) is 5.25. The van der Waals surface area contributed by atoms with E-state index < -0.39 is 0 Å². The van der Waals surface area contributed by atoms with E-state index in [9.17, 15) is 5.11 Å². The van der Waals surface area contributed by atoms with Crippen LogP contribution in [-0.4, -0.2) is 46.8 Å². The Morgan fingerprint density at radius 3 is 2.83 bits per heavy atom. The Labute approximate surface area is 137 Å². The number of H-pyrrole nitrogens is 1. The van der Waals surface area contributed by atoms with Crippen LogP contribution in [0.5, 0.6) is 5.75 Å². The molecule has 0 saturated heterocycles. The van der Waals surface area contributed by atoms with Gasteiger partial charge >= 0.3 is 0 Å². The number of methoxy groups -OCH3 is 1. The zero-order chi connectivity index (χ0) is 16.5. The van der Waals surface area contributed by atoms with Crippen LogP contribution in [0.4, 0.5) is 0 Å². The van der Waals surface area contributed by atoms with E-state index in [2.05, 4.69) is 20.9 Å². The van der Waals surface area contributed by atoms with Crippen molar-refractivity contribution in [1.82, 2.24) is 14.9 Å². The second kappa shape index (κ2) is 9.29. The number of aliphatic hydroxyl groups is 1. The highest BCUT2D eigenvalue weighted by Gasteiger charge is 2.10. The highest BCUT2D eigenvalue weighted by molar-refractivity contribution is 5.37. The Morgan fingerprint density at radius 2 is 2.17 bits per heavy atom. The van der Waals surface area contributed by atoms with Gasteiger partial charge in [-0.25, -0.2) is 4.98 Å². The molecule has 0 fully saturated rings. The molecular formula is C17H25N3O3. The lowest BCUT2D eigenvalue weighted by molar-refractivity contribution is 0.131. The average Bonchev–Trinajstić information content (AvgIpc) is 3.06. The minimum absolute atomic E-state index is 0.114. The number of rotatable bonds is 10. The Kier molecular flexibility index (Phi) is 7.06. The van der Waals surface area contributed by atoms with Crippen LogP contribution in [0, 0.1) is 0 Å². The summed E-state index contributed by atoms with van der Waals surface area (Å²) in [5.41, 5.74) is 2.19. The molecule has 2 rings (SSSR count). The standard InChI is InChI=1S/C17H25N3O3/c1-3-23-13-15-10-14(4-5-16(15)22-2)11-20(8-9-21)12-17-18-6-7-19-17/h4-7,10,21H,3,8-9,11-13H2,1-2H3,(H,18,19). The fraction of sp³-hybridized carbons (Fsp3) is 0.471. The monoisotopic (exact) mass is 319 g/mol. The van der Waals surface area contributed by atoms with Gasteiger partial charge in [-0.05, 0) is 24.6 Å². The molecule has 0 aliphatic rings. The number of hydrogen-bond donors (Lipinski definition) is 2. The van der Waals surface area contributed by atoms with Crippen molar-refractivity contribution in [3.63, 3.8) is 0 Å². The number of ether oxygens (including phenoxy) is 2. The summed E-state index contributed by atoms with van der Waals surface area (Å²) in [6, 6.07) is 6.11. The Bertz CT molecular complexity index is 572. The molecule has 0 atom stereocenters. The van der Waals surface area contributed by atoms with Gasteiger partial charge in [-0.15, -0.1) is 0 Å². The van der Waals surface area contributed by atoms with Crippen molar-refractivity contribution < 1.29 is 14.6 Å². The number of aromatic amines is 1. The number of hydrogen-bond acceptors (Lipinski definition) is 5. The zero-order valence-corrected chi connectivity index (χ0v) is 13.8. The lowest BCUT2D eigenvalue weighted by Gasteiger charge is -2.21. The van der Waals surface area contributed by atoms with Crippen LogP contribution in [-0.2, 0) is 24.4 Å². The van der Waals surface area contributed by atoms with E-state index >= 15 is 0 Å². The normalized spacial score (nSPS) is 11.1. The first-order chi connectivity index (χ1) is 11.3. The van der Waals surface area contributed by atoms with Crippen molar-refractivity contribution in [2.45, 2.75) is 26.6 Å². The van der Waals surface area contributed by atoms with Crippen LogP contribution < -0.4 is 4.74 Å². The van der Waals surface area contributed by atoms with Gasteiger partial charge in [0.05, 0.1) is 26.9 Å². The summed E-state index contributed by atoms with van der Waals surface area (Å²) in [6.45, 7) is 5.28. The first-order valence-electron chi connectivity index (χ1n) is 7.81. The van der Waals surface area contributed by atoms with Crippen molar-refractivity contribution in [2.24, 2.45) is 0 Å². The first kappa shape index (κ1) is 17.5. The van der Waals surface area contributed by atoms with Gasteiger partial charge in [0.2, 0.25) is 0 Å². The molecule has 0 amide bonds. The Hall–Kier alpha value is -1.89. The van der Waals surface area contributed by atoms with Gasteiger partial charge in [-0.2, -0.15) is 0 Å². The molecule has 1 aromatic heterocycles. The maximum atomic E-state index is 9.28. The summed E-state index contributed by atoms with van der Waals surface area (Å²) < 4.78 is 10.9. The number of nitrogens with one attached hydrogen (secondary N) is 1. The lowest BCUT2D eigenvalue weighted by Crippen LogP contribution is -2.26. The molecule has 6 nitrogen and oxygen atoms in total. The van der Waals surface area contributed by atoms with E-state index in [1.165, 1.54) is 0 Å². The summed E-state index contributed by atoms with van der Waals surface area (Å²) in [6.07, 6.45) is 3.54. The van der Waals surface area contributed by atoms with Crippen molar-refractivity contribution >= 4 is 0 Å². The Balaban J connectivity index is 2.08. The van der Waals surface area contributed by atoms with E-state index in [1.807, 2.05) is 19.1 Å². The highest BCUT2D eigenvalue weighted by atomic mass is 16.5. The van der Waals surface area contributed by atoms with E-state index in [0.29, 0.717) is 26.3 Å². The summed E-state index contributed by atoms with van der Waals surface area (Å²) in [5.74, 6) is 1.73. The summed E-state index contributed by atoms with van der Waals surface area (Å²) in [7, 11) is 1.67. The molecule has 1 heterocycles. The van der Waals surface area contributed by atoms with E-state index in [-0.39, 0.29) is 6.61 Å². The van der Waals surface area contributed by atoms with Crippen LogP contribution in [0.15, 0.2) is 30.6 Å². The fourth-order valence-electron chi connectivity index (χ4n) is 2.46. The molecule has 0 spiro atoms. The van der Waals surface area contributed by atoms with Gasteiger partial charge in [0.25, 0.3) is 0 Å². The molecule has 126 valence electrons. The second-order valence-corrected chi connectivity index (χ2v) is 5.25. The van der Waals surface area contributed by atoms with Gasteiger partial charge < -0.3 is 19.6 Å². The topological polar surface area (TPSA) is 70.6 Å². The molecule has 1 aromatic carbocycles. The summed E-state index contributed by atoms with van der Waals surface area (Å²) in [5, 5.41) is 9.28. The van der Waals surface area contributed by atoms with Crippen LogP contribution >= 0.6 is 0 Å². The van der Waals surface area contributed by atoms with Crippen molar-refractivity contribution in [3.8, 4) is 5.75 Å². The molecular weight excluding hydrogens is 294 g/mol. The molecule has 2 aromatic rings. The quantitative estimate of drug-likeness (QED) is 0.700. The number of imidazole rings is 1. The minimum Gasteiger partial charge on any atom is -0.496 e. The third-order valence-electron chi connectivity index (χ3n) is 3.56. The maximum absolute atomic E-state index is 9.28. The molecule has 0 unspecified atom stereocenters. The van der Waals surface area contributed by atoms with E-state index in [1.54, 1.807) is 19.5 Å². The molecule has 0 aliphatic heterocycles. The number of aromatic nitrogens is 2. The first-order valence-corrected chi connectivity index (χ1v) is 7.81. The fourth-order valence-corrected chi connectivity index (χ4v) is 2.46. The van der Waals surface area contributed by atoms with Gasteiger partial charge in [0.15, 0.2) is 0 Å². The van der Waals surface area contributed by atoms with Gasteiger partial charge in [0, 0.05) is 37.7 Å². The third-order valence-corrected chi connectivity index (χ3v) is 3.56. The zero-order valence-electron chi connectivity index (χ0n) is 13.8. The summed E-state index contributed by atoms with van der Waals surface area (Å²) >= 11 is 0.